The van der Waals surface area contributed by atoms with Gasteiger partial charge in [-0.2, -0.15) is 0 Å². The molecule has 1 aliphatic heterocycles. The fourth-order valence-electron chi connectivity index (χ4n) is 2.29. The van der Waals surface area contributed by atoms with Crippen LogP contribution in [0.2, 0.25) is 0 Å². The highest BCUT2D eigenvalue weighted by Gasteiger charge is 2.22. The van der Waals surface area contributed by atoms with Crippen LogP contribution in [-0.4, -0.2) is 25.2 Å². The van der Waals surface area contributed by atoms with E-state index in [1.165, 1.54) is 0 Å². The SMILES string of the molecule is CC(NC(=O)c1ccc(Br)cc1Br)C1CCOCC1. The van der Waals surface area contributed by atoms with E-state index in [9.17, 15) is 4.79 Å². The highest BCUT2D eigenvalue weighted by atomic mass is 79.9. The third-order valence-corrected chi connectivity index (χ3v) is 4.66. The van der Waals surface area contributed by atoms with Crippen LogP contribution < -0.4 is 5.32 Å². The Balaban J connectivity index is 1.99. The van der Waals surface area contributed by atoms with Crippen LogP contribution in [0.1, 0.15) is 30.1 Å². The first-order chi connectivity index (χ1) is 9.08. The normalized spacial score (nSPS) is 18.1. The van der Waals surface area contributed by atoms with Crippen molar-refractivity contribution in [3.63, 3.8) is 0 Å². The Labute approximate surface area is 130 Å². The van der Waals surface area contributed by atoms with Crippen LogP contribution in [0.25, 0.3) is 0 Å². The Kier molecular flexibility index (Phi) is 5.42. The highest BCUT2D eigenvalue weighted by Crippen LogP contribution is 2.23. The number of halogens is 2. The van der Waals surface area contributed by atoms with Crippen molar-refractivity contribution in [2.24, 2.45) is 5.92 Å². The largest absolute Gasteiger partial charge is 0.381 e. The van der Waals surface area contributed by atoms with Gasteiger partial charge in [0, 0.05) is 28.2 Å². The van der Waals surface area contributed by atoms with Gasteiger partial charge in [-0.05, 0) is 59.8 Å². The summed E-state index contributed by atoms with van der Waals surface area (Å²) in [4.78, 5) is 12.2. The second kappa shape index (κ2) is 6.86. The predicted molar refractivity (Wildman–Crippen MR) is 82.3 cm³/mol. The first kappa shape index (κ1) is 15.0. The Bertz CT molecular complexity index is 459. The first-order valence-corrected chi connectivity index (χ1v) is 8.00. The van der Waals surface area contributed by atoms with Crippen LogP contribution in [0.3, 0.4) is 0 Å². The second-order valence-corrected chi connectivity index (χ2v) is 6.61. The Hall–Kier alpha value is -0.390. The standard InChI is InChI=1S/C14H17Br2NO2/c1-9(10-4-6-19-7-5-10)17-14(18)12-3-2-11(15)8-13(12)16/h2-3,8-10H,4-7H2,1H3,(H,17,18). The van der Waals surface area contributed by atoms with Crippen LogP contribution >= 0.6 is 31.9 Å². The van der Waals surface area contributed by atoms with Gasteiger partial charge in [0.1, 0.15) is 0 Å². The number of carbonyl (C=O) groups is 1. The fraction of sp³-hybridized carbons (Fsp3) is 0.500. The molecule has 0 aromatic heterocycles. The molecule has 0 radical (unpaired) electrons. The maximum absolute atomic E-state index is 12.2. The van der Waals surface area contributed by atoms with Gasteiger partial charge in [-0.15, -0.1) is 0 Å². The lowest BCUT2D eigenvalue weighted by Crippen LogP contribution is -2.40. The topological polar surface area (TPSA) is 38.3 Å². The minimum Gasteiger partial charge on any atom is -0.381 e. The molecule has 1 saturated heterocycles. The molecule has 1 unspecified atom stereocenters. The zero-order valence-electron chi connectivity index (χ0n) is 10.8. The molecule has 1 fully saturated rings. The molecule has 1 aromatic rings. The molecule has 0 aliphatic carbocycles. The van der Waals surface area contributed by atoms with Crippen molar-refractivity contribution in [3.05, 3.63) is 32.7 Å². The number of carbonyl (C=O) groups excluding carboxylic acids is 1. The van der Waals surface area contributed by atoms with E-state index >= 15 is 0 Å². The van der Waals surface area contributed by atoms with Gasteiger partial charge in [-0.25, -0.2) is 0 Å². The highest BCUT2D eigenvalue weighted by molar-refractivity contribution is 9.11. The van der Waals surface area contributed by atoms with E-state index in [1.807, 2.05) is 18.2 Å². The summed E-state index contributed by atoms with van der Waals surface area (Å²) in [6.07, 6.45) is 2.03. The summed E-state index contributed by atoms with van der Waals surface area (Å²) >= 11 is 6.81. The molecule has 1 aromatic carbocycles. The molecule has 104 valence electrons. The van der Waals surface area contributed by atoms with Gasteiger partial charge in [0.25, 0.3) is 5.91 Å². The molecule has 19 heavy (non-hydrogen) atoms. The molecule has 0 spiro atoms. The Morgan fingerprint density at radius 3 is 2.68 bits per heavy atom. The van der Waals surface area contributed by atoms with Gasteiger partial charge < -0.3 is 10.1 Å². The van der Waals surface area contributed by atoms with E-state index in [-0.39, 0.29) is 11.9 Å². The van der Waals surface area contributed by atoms with Gasteiger partial charge in [0.05, 0.1) is 5.56 Å². The van der Waals surface area contributed by atoms with E-state index in [0.29, 0.717) is 11.5 Å². The summed E-state index contributed by atoms with van der Waals surface area (Å²) in [5.74, 6) is 0.477. The maximum Gasteiger partial charge on any atom is 0.252 e. The first-order valence-electron chi connectivity index (χ1n) is 6.41. The van der Waals surface area contributed by atoms with Crippen molar-refractivity contribution in [3.8, 4) is 0 Å². The molecule has 0 saturated carbocycles. The molecule has 1 heterocycles. The molecule has 0 bridgehead atoms. The fourth-order valence-corrected chi connectivity index (χ4v) is 3.52. The third kappa shape index (κ3) is 4.04. The summed E-state index contributed by atoms with van der Waals surface area (Å²) in [7, 11) is 0. The summed E-state index contributed by atoms with van der Waals surface area (Å²) in [6, 6.07) is 5.75. The summed E-state index contributed by atoms with van der Waals surface area (Å²) in [5, 5.41) is 3.09. The molecule has 3 nitrogen and oxygen atoms in total. The number of nitrogens with one attached hydrogen (secondary N) is 1. The minimum atomic E-state index is -0.0293. The zero-order valence-corrected chi connectivity index (χ0v) is 14.0. The third-order valence-electron chi connectivity index (χ3n) is 3.51. The van der Waals surface area contributed by atoms with Crippen molar-refractivity contribution in [2.75, 3.05) is 13.2 Å². The molecule has 2 rings (SSSR count). The number of rotatable bonds is 3. The lowest BCUT2D eigenvalue weighted by atomic mass is 9.93. The van der Waals surface area contributed by atoms with Crippen molar-refractivity contribution in [1.29, 1.82) is 0 Å². The van der Waals surface area contributed by atoms with Gasteiger partial charge in [-0.1, -0.05) is 15.9 Å². The van der Waals surface area contributed by atoms with Crippen LogP contribution in [0.15, 0.2) is 27.1 Å². The quantitative estimate of drug-likeness (QED) is 0.853. The number of hydrogen-bond donors (Lipinski definition) is 1. The minimum absolute atomic E-state index is 0.0293. The van der Waals surface area contributed by atoms with Crippen LogP contribution in [0, 0.1) is 5.92 Å². The molecular formula is C14H17Br2NO2. The van der Waals surface area contributed by atoms with E-state index in [1.54, 1.807) is 0 Å². The summed E-state index contributed by atoms with van der Waals surface area (Å²) < 4.78 is 7.10. The lowest BCUT2D eigenvalue weighted by molar-refractivity contribution is 0.0538. The molecule has 1 atom stereocenters. The average Bonchev–Trinajstić information content (AvgIpc) is 2.39. The van der Waals surface area contributed by atoms with Crippen molar-refractivity contribution >= 4 is 37.8 Å². The van der Waals surface area contributed by atoms with Crippen LogP contribution in [-0.2, 0) is 4.74 Å². The predicted octanol–water partition coefficient (Wildman–Crippen LogP) is 3.76. The molecule has 1 amide bonds. The van der Waals surface area contributed by atoms with E-state index < -0.39 is 0 Å². The van der Waals surface area contributed by atoms with E-state index in [4.69, 9.17) is 4.74 Å². The molecule has 1 N–H and O–H groups in total. The Morgan fingerprint density at radius 1 is 1.37 bits per heavy atom. The summed E-state index contributed by atoms with van der Waals surface area (Å²) in [5.41, 5.74) is 0.669. The van der Waals surface area contributed by atoms with Gasteiger partial charge in [0.15, 0.2) is 0 Å². The summed E-state index contributed by atoms with van der Waals surface area (Å²) in [6.45, 7) is 3.67. The molecule has 5 heteroatoms. The monoisotopic (exact) mass is 389 g/mol. The molecule has 1 aliphatic rings. The number of hydrogen-bond acceptors (Lipinski definition) is 2. The second-order valence-electron chi connectivity index (χ2n) is 4.84. The maximum atomic E-state index is 12.2. The van der Waals surface area contributed by atoms with E-state index in [0.717, 1.165) is 35.0 Å². The Morgan fingerprint density at radius 2 is 2.05 bits per heavy atom. The van der Waals surface area contributed by atoms with Crippen molar-refractivity contribution < 1.29 is 9.53 Å². The molecular weight excluding hydrogens is 374 g/mol. The van der Waals surface area contributed by atoms with Crippen LogP contribution in [0.4, 0.5) is 0 Å². The number of ether oxygens (including phenoxy) is 1. The van der Waals surface area contributed by atoms with Gasteiger partial charge in [0.2, 0.25) is 0 Å². The van der Waals surface area contributed by atoms with Gasteiger partial charge in [-0.3, -0.25) is 4.79 Å². The van der Waals surface area contributed by atoms with Crippen molar-refractivity contribution in [1.82, 2.24) is 5.32 Å². The average molecular weight is 391 g/mol. The smallest absolute Gasteiger partial charge is 0.252 e. The van der Waals surface area contributed by atoms with Crippen molar-refractivity contribution in [2.45, 2.75) is 25.8 Å². The zero-order chi connectivity index (χ0) is 13.8. The number of amides is 1. The number of benzene rings is 1. The lowest BCUT2D eigenvalue weighted by Gasteiger charge is -2.28. The van der Waals surface area contributed by atoms with Gasteiger partial charge >= 0.3 is 0 Å². The van der Waals surface area contributed by atoms with Crippen LogP contribution in [0.5, 0.6) is 0 Å². The van der Waals surface area contributed by atoms with E-state index in [2.05, 4.69) is 44.1 Å².